The lowest BCUT2D eigenvalue weighted by atomic mass is 10.3. The van der Waals surface area contributed by atoms with E-state index in [1.54, 1.807) is 23.7 Å². The molecule has 0 aliphatic rings. The normalized spacial score (nSPS) is 10.5. The Kier molecular flexibility index (Phi) is 3.58. The molecule has 2 rings (SSSR count). The van der Waals surface area contributed by atoms with Crippen molar-refractivity contribution in [2.75, 3.05) is 0 Å². The van der Waals surface area contributed by atoms with Crippen LogP contribution in [0.5, 0.6) is 0 Å². The van der Waals surface area contributed by atoms with Crippen molar-refractivity contribution >= 4 is 17.2 Å². The second kappa shape index (κ2) is 5.14. The van der Waals surface area contributed by atoms with Crippen molar-refractivity contribution in [1.82, 2.24) is 10.3 Å². The first kappa shape index (κ1) is 11.9. The van der Waals surface area contributed by atoms with Gasteiger partial charge in [-0.3, -0.25) is 4.79 Å². The molecule has 5 heteroatoms. The number of aryl methyl sites for hydroxylation is 2. The van der Waals surface area contributed by atoms with Crippen LogP contribution in [0.1, 0.15) is 21.3 Å². The van der Waals surface area contributed by atoms with Gasteiger partial charge in [0.25, 0.3) is 0 Å². The summed E-state index contributed by atoms with van der Waals surface area (Å²) in [5.41, 5.74) is 0.945. The third-order valence-electron chi connectivity index (χ3n) is 2.36. The Morgan fingerprint density at radius 2 is 2.35 bits per heavy atom. The van der Waals surface area contributed by atoms with Crippen LogP contribution in [0.4, 0.5) is 0 Å². The van der Waals surface area contributed by atoms with Crippen LogP contribution in [0.15, 0.2) is 22.8 Å². The van der Waals surface area contributed by atoms with E-state index in [1.165, 1.54) is 0 Å². The third kappa shape index (κ3) is 3.17. The van der Waals surface area contributed by atoms with Gasteiger partial charge in [0.05, 0.1) is 29.9 Å². The minimum Gasteiger partial charge on any atom is -0.467 e. The molecule has 0 spiro atoms. The highest BCUT2D eigenvalue weighted by Crippen LogP contribution is 2.17. The summed E-state index contributed by atoms with van der Waals surface area (Å²) in [6, 6.07) is 3.64. The van der Waals surface area contributed by atoms with Crippen molar-refractivity contribution in [3.8, 4) is 0 Å². The van der Waals surface area contributed by atoms with Gasteiger partial charge in [0.2, 0.25) is 5.91 Å². The van der Waals surface area contributed by atoms with Gasteiger partial charge in [0.15, 0.2) is 0 Å². The first-order chi connectivity index (χ1) is 8.15. The average Bonchev–Trinajstić information content (AvgIpc) is 2.87. The molecule has 0 aliphatic carbocycles. The number of hydrogen-bond donors (Lipinski definition) is 1. The highest BCUT2D eigenvalue weighted by Gasteiger charge is 2.10. The lowest BCUT2D eigenvalue weighted by molar-refractivity contribution is -0.120. The van der Waals surface area contributed by atoms with Crippen LogP contribution < -0.4 is 5.32 Å². The van der Waals surface area contributed by atoms with E-state index >= 15 is 0 Å². The Labute approximate surface area is 104 Å². The maximum Gasteiger partial charge on any atom is 0.225 e. The monoisotopic (exact) mass is 250 g/mol. The van der Waals surface area contributed by atoms with Gasteiger partial charge >= 0.3 is 0 Å². The minimum absolute atomic E-state index is 0.00634. The van der Waals surface area contributed by atoms with Crippen LogP contribution in [-0.2, 0) is 17.8 Å². The zero-order chi connectivity index (χ0) is 12.3. The fourth-order valence-corrected chi connectivity index (χ4v) is 2.48. The number of furan rings is 1. The van der Waals surface area contributed by atoms with E-state index in [0.717, 1.165) is 21.3 Å². The first-order valence-electron chi connectivity index (χ1n) is 5.37. The van der Waals surface area contributed by atoms with E-state index in [9.17, 15) is 4.79 Å². The van der Waals surface area contributed by atoms with E-state index in [0.29, 0.717) is 13.0 Å². The molecule has 4 nitrogen and oxygen atoms in total. The van der Waals surface area contributed by atoms with Crippen molar-refractivity contribution in [2.24, 2.45) is 0 Å². The summed E-state index contributed by atoms with van der Waals surface area (Å²) in [4.78, 5) is 17.0. The highest BCUT2D eigenvalue weighted by molar-refractivity contribution is 7.11. The molecule has 0 fully saturated rings. The zero-order valence-corrected chi connectivity index (χ0v) is 10.6. The molecule has 2 aromatic heterocycles. The van der Waals surface area contributed by atoms with Crippen molar-refractivity contribution in [2.45, 2.75) is 26.8 Å². The Bertz CT molecular complexity index is 503. The van der Waals surface area contributed by atoms with Gasteiger partial charge in [-0.05, 0) is 26.0 Å². The quantitative estimate of drug-likeness (QED) is 0.905. The standard InChI is InChI=1S/C12H14N2O2S/c1-8-11(17-9(2)14-8)6-12(15)13-7-10-4-3-5-16-10/h3-5H,6-7H2,1-2H3,(H,13,15). The van der Waals surface area contributed by atoms with Gasteiger partial charge in [0.1, 0.15) is 5.76 Å². The number of nitrogens with zero attached hydrogens (tertiary/aromatic N) is 1. The Morgan fingerprint density at radius 3 is 2.94 bits per heavy atom. The van der Waals surface area contributed by atoms with E-state index in [4.69, 9.17) is 4.42 Å². The molecule has 0 saturated carbocycles. The summed E-state index contributed by atoms with van der Waals surface area (Å²) in [5.74, 6) is 0.753. The number of carbonyl (C=O) groups excluding carboxylic acids is 1. The number of rotatable bonds is 4. The predicted octanol–water partition coefficient (Wildman–Crippen LogP) is 2.21. The van der Waals surface area contributed by atoms with E-state index in [-0.39, 0.29) is 5.91 Å². The lowest BCUT2D eigenvalue weighted by Crippen LogP contribution is -2.24. The Morgan fingerprint density at radius 1 is 1.53 bits per heavy atom. The molecule has 17 heavy (non-hydrogen) atoms. The van der Waals surface area contributed by atoms with Crippen molar-refractivity contribution in [3.05, 3.63) is 39.7 Å². The molecular weight excluding hydrogens is 236 g/mol. The molecule has 2 aromatic rings. The summed E-state index contributed by atoms with van der Waals surface area (Å²) in [6.07, 6.45) is 1.98. The number of aromatic nitrogens is 1. The largest absolute Gasteiger partial charge is 0.467 e. The van der Waals surface area contributed by atoms with Gasteiger partial charge in [-0.25, -0.2) is 4.98 Å². The topological polar surface area (TPSA) is 55.1 Å². The first-order valence-corrected chi connectivity index (χ1v) is 6.19. The molecule has 1 N–H and O–H groups in total. The molecule has 0 aliphatic heterocycles. The van der Waals surface area contributed by atoms with Gasteiger partial charge in [-0.1, -0.05) is 0 Å². The molecule has 0 unspecified atom stereocenters. The SMILES string of the molecule is Cc1nc(C)c(CC(=O)NCc2ccco2)s1. The second-order valence-corrected chi connectivity index (χ2v) is 5.06. The van der Waals surface area contributed by atoms with Crippen molar-refractivity contribution in [1.29, 1.82) is 0 Å². The minimum atomic E-state index is -0.00634. The summed E-state index contributed by atoms with van der Waals surface area (Å²) in [5, 5.41) is 3.81. The van der Waals surface area contributed by atoms with Crippen LogP contribution in [-0.4, -0.2) is 10.9 Å². The fourth-order valence-electron chi connectivity index (χ4n) is 1.54. The van der Waals surface area contributed by atoms with E-state index in [1.807, 2.05) is 19.9 Å². The predicted molar refractivity (Wildman–Crippen MR) is 65.8 cm³/mol. The zero-order valence-electron chi connectivity index (χ0n) is 9.82. The molecule has 0 atom stereocenters. The summed E-state index contributed by atoms with van der Waals surface area (Å²) in [6.45, 7) is 4.31. The van der Waals surface area contributed by atoms with Crippen LogP contribution in [0.3, 0.4) is 0 Å². The van der Waals surface area contributed by atoms with Crippen LogP contribution >= 0.6 is 11.3 Å². The number of thiazole rings is 1. The lowest BCUT2D eigenvalue weighted by Gasteiger charge is -2.02. The average molecular weight is 250 g/mol. The summed E-state index contributed by atoms with van der Waals surface area (Å²) < 4.78 is 5.14. The number of hydrogen-bond acceptors (Lipinski definition) is 4. The summed E-state index contributed by atoms with van der Waals surface area (Å²) >= 11 is 1.57. The van der Waals surface area contributed by atoms with Gasteiger partial charge in [-0.2, -0.15) is 0 Å². The maximum absolute atomic E-state index is 11.7. The number of amides is 1. The summed E-state index contributed by atoms with van der Waals surface area (Å²) in [7, 11) is 0. The van der Waals surface area contributed by atoms with Crippen LogP contribution in [0, 0.1) is 13.8 Å². The van der Waals surface area contributed by atoms with Crippen molar-refractivity contribution in [3.63, 3.8) is 0 Å². The van der Waals surface area contributed by atoms with Crippen LogP contribution in [0.2, 0.25) is 0 Å². The molecule has 0 bridgehead atoms. The van der Waals surface area contributed by atoms with Gasteiger partial charge < -0.3 is 9.73 Å². The molecule has 90 valence electrons. The number of carbonyl (C=O) groups is 1. The molecular formula is C12H14N2O2S. The fraction of sp³-hybridized carbons (Fsp3) is 0.333. The Balaban J connectivity index is 1.87. The highest BCUT2D eigenvalue weighted by atomic mass is 32.1. The second-order valence-electron chi connectivity index (χ2n) is 3.77. The molecule has 1 amide bonds. The maximum atomic E-state index is 11.7. The van der Waals surface area contributed by atoms with Crippen molar-refractivity contribution < 1.29 is 9.21 Å². The molecule has 0 aromatic carbocycles. The Hall–Kier alpha value is -1.62. The van der Waals surface area contributed by atoms with Crippen LogP contribution in [0.25, 0.3) is 0 Å². The van der Waals surface area contributed by atoms with Gasteiger partial charge in [0, 0.05) is 4.88 Å². The molecule has 2 heterocycles. The molecule has 0 saturated heterocycles. The van der Waals surface area contributed by atoms with E-state index in [2.05, 4.69) is 10.3 Å². The molecule has 0 radical (unpaired) electrons. The number of nitrogens with one attached hydrogen (secondary N) is 1. The van der Waals surface area contributed by atoms with E-state index < -0.39 is 0 Å². The third-order valence-corrected chi connectivity index (χ3v) is 3.43. The van der Waals surface area contributed by atoms with Gasteiger partial charge in [-0.15, -0.1) is 11.3 Å². The smallest absolute Gasteiger partial charge is 0.225 e.